The van der Waals surface area contributed by atoms with E-state index >= 15 is 13.7 Å². The lowest BCUT2D eigenvalue weighted by Crippen LogP contribution is -2.21. The molecule has 0 aliphatic carbocycles. The third kappa shape index (κ3) is 12.3. The summed E-state index contributed by atoms with van der Waals surface area (Å²) in [6, 6.07) is 156. The van der Waals surface area contributed by atoms with E-state index in [-0.39, 0.29) is 0 Å². The van der Waals surface area contributed by atoms with Gasteiger partial charge in [-0.25, -0.2) is 19.9 Å². The maximum Gasteiger partial charge on any atom is 0.172 e. The Morgan fingerprint density at radius 1 is 0.215 bits per heavy atom. The SMILES string of the molecule is O=P1(c2ccccc2)c2ccccc2-c2ccc3c(c21)c1ccccc1n3-c1ccc(-c2cccc3cccnc23)cc1.O=P1(c2ccccc2)c2ccccc2-c2ccc3c(c21)c1ccccc1n3-c1ccc(-c2nc(-c3ccccc3)c3ccccc3n2)cc1.O=P1(c2ccccc2)c2ccccc2-c2ccc3c(c21)c1ccccc1n3-c1ccc(-c2ncc3ccccc3n2)cc1. The van der Waals surface area contributed by atoms with Gasteiger partial charge in [-0.2, -0.15) is 0 Å². The number of hydrogen-bond donors (Lipinski definition) is 0. The number of rotatable bonds is 10. The number of nitrogens with zero attached hydrogens (tertiary/aromatic N) is 8. The van der Waals surface area contributed by atoms with Crippen LogP contribution in [-0.4, -0.2) is 38.6 Å². The van der Waals surface area contributed by atoms with Gasteiger partial charge < -0.3 is 27.4 Å². The fourth-order valence-corrected chi connectivity index (χ4v) is 31.2. The summed E-state index contributed by atoms with van der Waals surface area (Å²) < 4.78 is 53.7. The van der Waals surface area contributed by atoms with Gasteiger partial charge in [-0.15, -0.1) is 0 Å². The molecule has 0 bridgehead atoms. The van der Waals surface area contributed by atoms with Crippen molar-refractivity contribution in [1.29, 1.82) is 0 Å². The Labute approximate surface area is 777 Å². The number of pyridine rings is 1. The molecular formula is C121H77N8O3P3. The van der Waals surface area contributed by atoms with Gasteiger partial charge >= 0.3 is 0 Å². The molecule has 9 heterocycles. The molecule has 634 valence electrons. The van der Waals surface area contributed by atoms with Crippen LogP contribution in [0, 0.1) is 0 Å². The summed E-state index contributed by atoms with van der Waals surface area (Å²) in [5, 5.41) is 17.8. The molecule has 3 aliphatic rings. The third-order valence-electron chi connectivity index (χ3n) is 27.3. The number of benzene rings is 19. The van der Waals surface area contributed by atoms with Gasteiger partial charge in [-0.3, -0.25) is 4.98 Å². The van der Waals surface area contributed by atoms with E-state index in [2.05, 4.69) is 272 Å². The summed E-state index contributed by atoms with van der Waals surface area (Å²) in [5.41, 5.74) is 24.8. The number of para-hydroxylation sites is 6. The molecule has 25 aromatic rings. The number of hydrogen-bond acceptors (Lipinski definition) is 8. The fraction of sp³-hybridized carbons (Fsp3) is 0. The van der Waals surface area contributed by atoms with Crippen LogP contribution in [0.25, 0.3) is 194 Å². The Morgan fingerprint density at radius 2 is 0.563 bits per heavy atom. The van der Waals surface area contributed by atoms with Gasteiger partial charge in [0.05, 0.1) is 55.3 Å². The molecule has 3 aliphatic heterocycles. The van der Waals surface area contributed by atoms with Gasteiger partial charge in [-0.05, 0) is 154 Å². The quantitative estimate of drug-likeness (QED) is 0.124. The van der Waals surface area contributed by atoms with Crippen LogP contribution in [0.15, 0.2) is 467 Å². The zero-order chi connectivity index (χ0) is 89.6. The van der Waals surface area contributed by atoms with Gasteiger partial charge in [0, 0.05) is 148 Å². The van der Waals surface area contributed by atoms with Crippen molar-refractivity contribution in [2.45, 2.75) is 0 Å². The second-order valence-corrected chi connectivity index (χ2v) is 42.6. The lowest BCUT2D eigenvalue weighted by molar-refractivity contribution is 0.592. The average Bonchev–Trinajstić information content (AvgIpc) is 1.54. The Morgan fingerprint density at radius 3 is 1.02 bits per heavy atom. The lowest BCUT2D eigenvalue weighted by Gasteiger charge is -2.17. The van der Waals surface area contributed by atoms with Crippen molar-refractivity contribution in [3.05, 3.63) is 467 Å². The Bertz CT molecular complexity index is 9340. The first-order chi connectivity index (χ1) is 66.6. The van der Waals surface area contributed by atoms with Crippen molar-refractivity contribution in [3.8, 4) is 95.6 Å². The molecule has 28 rings (SSSR count). The molecule has 0 spiro atoms. The van der Waals surface area contributed by atoms with Crippen LogP contribution in [0.5, 0.6) is 0 Å². The van der Waals surface area contributed by atoms with Crippen LogP contribution in [-0.2, 0) is 13.7 Å². The van der Waals surface area contributed by atoms with E-state index in [0.29, 0.717) is 11.6 Å². The maximum atomic E-state index is 15.7. The van der Waals surface area contributed by atoms with Gasteiger partial charge in [0.25, 0.3) is 0 Å². The molecule has 3 atom stereocenters. The summed E-state index contributed by atoms with van der Waals surface area (Å²) in [5.74, 6) is 1.39. The number of fused-ring (bicyclic) bond motifs is 24. The predicted octanol–water partition coefficient (Wildman–Crippen LogP) is 26.3. The van der Waals surface area contributed by atoms with Crippen LogP contribution >= 0.6 is 21.4 Å². The fourth-order valence-electron chi connectivity index (χ4n) is 21.4. The second-order valence-electron chi connectivity index (χ2n) is 34.6. The highest BCUT2D eigenvalue weighted by Gasteiger charge is 2.46. The largest absolute Gasteiger partial charge is 0.309 e. The zero-order valence-electron chi connectivity index (χ0n) is 72.6. The van der Waals surface area contributed by atoms with Gasteiger partial charge in [-0.1, -0.05) is 340 Å². The molecule has 3 unspecified atom stereocenters. The van der Waals surface area contributed by atoms with E-state index in [4.69, 9.17) is 15.0 Å². The van der Waals surface area contributed by atoms with E-state index in [1.165, 1.54) is 0 Å². The van der Waals surface area contributed by atoms with Crippen LogP contribution in [0.1, 0.15) is 0 Å². The Kier molecular flexibility index (Phi) is 18.5. The normalized spacial score (nSPS) is 15.4. The first-order valence-corrected chi connectivity index (χ1v) is 50.4. The summed E-state index contributed by atoms with van der Waals surface area (Å²) in [7, 11) is -9.41. The van der Waals surface area contributed by atoms with Crippen molar-refractivity contribution < 1.29 is 13.7 Å². The summed E-state index contributed by atoms with van der Waals surface area (Å²) in [6.07, 6.45) is 3.73. The van der Waals surface area contributed by atoms with Crippen LogP contribution in [0.2, 0.25) is 0 Å². The van der Waals surface area contributed by atoms with E-state index in [1.54, 1.807) is 0 Å². The topological polar surface area (TPSA) is 130 Å². The molecule has 0 amide bonds. The molecular weight excluding hydrogens is 1710 g/mol. The van der Waals surface area contributed by atoms with Gasteiger partial charge in [0.15, 0.2) is 33.1 Å². The molecule has 0 N–H and O–H groups in total. The molecule has 135 heavy (non-hydrogen) atoms. The summed E-state index contributed by atoms with van der Waals surface area (Å²) >= 11 is 0. The first-order valence-electron chi connectivity index (χ1n) is 45.3. The second kappa shape index (κ2) is 31.6. The van der Waals surface area contributed by atoms with Crippen LogP contribution < -0.4 is 47.7 Å². The summed E-state index contributed by atoms with van der Waals surface area (Å²) in [6.45, 7) is 0. The first kappa shape index (κ1) is 79.3. The van der Waals surface area contributed by atoms with E-state index in [0.717, 1.165) is 230 Å². The standard InChI is InChI=1S/C44H28N3OP.C39H25N2OP.C38H24N3OP/c48-49(32-15-5-2-6-16-32)40-22-12-9-17-33(40)34-27-28-39-41(43(34)49)36-19-8-11-21-38(36)47(39)31-25-23-30(24-26-31)44-45-37-20-10-7-18-35(37)42(46-44)29-13-3-1-4-14-29;42-43(29-12-2-1-3-13-29)36-18-7-5-14-31(36)32-23-24-35-37(39(32)43)33-15-4-6-17-34(33)41(35)28-21-19-26(20-22-28)30-16-8-10-27-11-9-25-40-38(27)30;42-43(28-11-2-1-3-12-28)35-17-9-6-13-29(35)30-22-23-34-36(37(30)43)31-14-5-8-16-33(31)41(34)27-20-18-25(19-21-27)38-39-24-26-10-4-7-15-32(26)40-38/h1-28H;1-25H;1-24H. The summed E-state index contributed by atoms with van der Waals surface area (Å²) in [4.78, 5) is 24.2. The van der Waals surface area contributed by atoms with E-state index in [1.807, 2.05) is 219 Å². The molecule has 6 aromatic heterocycles. The third-order valence-corrected chi connectivity index (χ3v) is 36.9. The molecule has 0 saturated carbocycles. The highest BCUT2D eigenvalue weighted by molar-refractivity contribution is 7.88. The smallest absolute Gasteiger partial charge is 0.172 e. The molecule has 0 radical (unpaired) electrons. The Hall–Kier alpha value is -16.6. The lowest BCUT2D eigenvalue weighted by atomic mass is 10.0. The predicted molar refractivity (Wildman–Crippen MR) is 561 cm³/mol. The van der Waals surface area contributed by atoms with Gasteiger partial charge in [0.2, 0.25) is 0 Å². The molecule has 19 aromatic carbocycles. The van der Waals surface area contributed by atoms with E-state index < -0.39 is 21.4 Å². The molecule has 0 saturated heterocycles. The van der Waals surface area contributed by atoms with Gasteiger partial charge in [0.1, 0.15) is 0 Å². The highest BCUT2D eigenvalue weighted by atomic mass is 31.2. The van der Waals surface area contributed by atoms with Crippen molar-refractivity contribution in [2.75, 3.05) is 0 Å². The molecule has 14 heteroatoms. The minimum absolute atomic E-state index is 0.686. The van der Waals surface area contributed by atoms with Crippen LogP contribution in [0.4, 0.5) is 0 Å². The minimum Gasteiger partial charge on any atom is -0.309 e. The monoisotopic (exact) mass is 1780 g/mol. The number of aromatic nitrogens is 8. The minimum atomic E-state index is -3.16. The molecule has 0 fully saturated rings. The van der Waals surface area contributed by atoms with Crippen molar-refractivity contribution in [2.24, 2.45) is 0 Å². The van der Waals surface area contributed by atoms with Crippen molar-refractivity contribution >= 4 is 167 Å². The maximum absolute atomic E-state index is 15.7. The highest BCUT2D eigenvalue weighted by Crippen LogP contribution is 2.59. The molecule has 11 nitrogen and oxygen atoms in total. The van der Waals surface area contributed by atoms with Crippen molar-refractivity contribution in [1.82, 2.24) is 38.6 Å². The average molecular weight is 1780 g/mol. The van der Waals surface area contributed by atoms with Crippen LogP contribution in [0.3, 0.4) is 0 Å². The van der Waals surface area contributed by atoms with E-state index in [9.17, 15) is 0 Å². The zero-order valence-corrected chi connectivity index (χ0v) is 75.3. The Balaban J connectivity index is 0.000000106. The van der Waals surface area contributed by atoms with Crippen molar-refractivity contribution in [3.63, 3.8) is 0 Å².